The van der Waals surface area contributed by atoms with Gasteiger partial charge in [-0.05, 0) is 19.3 Å². The molecule has 0 atom stereocenters. The van der Waals surface area contributed by atoms with Crippen LogP contribution in [0.4, 0.5) is 0 Å². The van der Waals surface area contributed by atoms with E-state index in [0.29, 0.717) is 6.42 Å². The quantitative estimate of drug-likeness (QED) is 0.208. The molecule has 1 saturated carbocycles. The highest BCUT2D eigenvalue weighted by molar-refractivity contribution is 5.94. The molecule has 0 aromatic rings. The third-order valence-corrected chi connectivity index (χ3v) is 3.94. The Hall–Kier alpha value is -1.26. The number of hydrogen-bond acceptors (Lipinski definition) is 3. The van der Waals surface area contributed by atoms with E-state index in [2.05, 4.69) is 17.4 Å². The first-order chi connectivity index (χ1) is 9.14. The van der Waals surface area contributed by atoms with Gasteiger partial charge in [-0.1, -0.05) is 50.6 Å². The summed E-state index contributed by atoms with van der Waals surface area (Å²) in [5.41, 5.74) is 5.14. The molecule has 19 heavy (non-hydrogen) atoms. The second-order valence-corrected chi connectivity index (χ2v) is 5.49. The van der Waals surface area contributed by atoms with Crippen LogP contribution in [0.1, 0.15) is 71.1 Å². The van der Waals surface area contributed by atoms with E-state index in [9.17, 15) is 4.79 Å². The van der Waals surface area contributed by atoms with Crippen molar-refractivity contribution < 1.29 is 10.0 Å². The topological polar surface area (TPSA) is 87.7 Å². The molecule has 0 bridgehead atoms. The minimum atomic E-state index is -0.602. The Kier molecular flexibility index (Phi) is 6.67. The van der Waals surface area contributed by atoms with Gasteiger partial charge in [-0.2, -0.15) is 0 Å². The zero-order chi connectivity index (χ0) is 14.1. The molecule has 110 valence electrons. The zero-order valence-electron chi connectivity index (χ0n) is 12.0. The van der Waals surface area contributed by atoms with E-state index >= 15 is 0 Å². The molecule has 0 aliphatic heterocycles. The van der Waals surface area contributed by atoms with Gasteiger partial charge in [0.25, 0.3) is 0 Å². The number of oxime groups is 1. The third-order valence-electron chi connectivity index (χ3n) is 3.94. The summed E-state index contributed by atoms with van der Waals surface area (Å²) in [7, 11) is 0. The fourth-order valence-electron chi connectivity index (χ4n) is 2.74. The molecule has 1 fully saturated rings. The van der Waals surface area contributed by atoms with E-state index in [4.69, 9.17) is 10.9 Å². The van der Waals surface area contributed by atoms with Crippen LogP contribution in [-0.2, 0) is 4.79 Å². The van der Waals surface area contributed by atoms with Crippen LogP contribution in [0.15, 0.2) is 5.16 Å². The van der Waals surface area contributed by atoms with Gasteiger partial charge in [0.15, 0.2) is 5.84 Å². The molecule has 0 aromatic heterocycles. The molecule has 0 aromatic carbocycles. The predicted molar refractivity (Wildman–Crippen MR) is 76.1 cm³/mol. The highest BCUT2D eigenvalue weighted by Crippen LogP contribution is 2.30. The first kappa shape index (κ1) is 15.8. The molecular formula is C14H27N3O2. The van der Waals surface area contributed by atoms with E-state index < -0.39 is 5.54 Å². The number of nitrogens with zero attached hydrogens (tertiary/aromatic N) is 1. The minimum Gasteiger partial charge on any atom is -0.409 e. The molecule has 4 N–H and O–H groups in total. The third kappa shape index (κ3) is 4.73. The Balaban J connectivity index is 2.36. The van der Waals surface area contributed by atoms with Gasteiger partial charge in [-0.25, -0.2) is 0 Å². The summed E-state index contributed by atoms with van der Waals surface area (Å²) in [6.45, 7) is 2.17. The molecule has 1 amide bonds. The van der Waals surface area contributed by atoms with Crippen molar-refractivity contribution in [2.75, 3.05) is 0 Å². The largest absolute Gasteiger partial charge is 0.409 e. The van der Waals surface area contributed by atoms with Gasteiger partial charge >= 0.3 is 0 Å². The SMILES string of the molecule is CCCCCCCC(=O)NC1(/C(N)=N/O)CCCC1. The maximum absolute atomic E-state index is 12.0. The number of rotatable bonds is 8. The number of nitrogens with one attached hydrogen (secondary N) is 1. The fourth-order valence-corrected chi connectivity index (χ4v) is 2.74. The Morgan fingerprint density at radius 2 is 1.89 bits per heavy atom. The summed E-state index contributed by atoms with van der Waals surface area (Å²) in [5.74, 6) is 0.161. The van der Waals surface area contributed by atoms with Crippen molar-refractivity contribution in [1.82, 2.24) is 5.32 Å². The van der Waals surface area contributed by atoms with Crippen molar-refractivity contribution in [3.63, 3.8) is 0 Å². The van der Waals surface area contributed by atoms with Crippen LogP contribution in [0.5, 0.6) is 0 Å². The number of carbonyl (C=O) groups is 1. The average molecular weight is 269 g/mol. The molecule has 0 saturated heterocycles. The van der Waals surface area contributed by atoms with Crippen LogP contribution >= 0.6 is 0 Å². The van der Waals surface area contributed by atoms with Crippen LogP contribution in [0, 0.1) is 0 Å². The monoisotopic (exact) mass is 269 g/mol. The zero-order valence-corrected chi connectivity index (χ0v) is 12.0. The molecular weight excluding hydrogens is 242 g/mol. The second-order valence-electron chi connectivity index (χ2n) is 5.49. The maximum atomic E-state index is 12.0. The molecule has 1 aliphatic carbocycles. The van der Waals surface area contributed by atoms with E-state index in [1.54, 1.807) is 0 Å². The van der Waals surface area contributed by atoms with Crippen LogP contribution in [-0.4, -0.2) is 22.5 Å². The molecule has 5 heteroatoms. The first-order valence-corrected chi connectivity index (χ1v) is 7.43. The van der Waals surface area contributed by atoms with Gasteiger partial charge in [0.05, 0.1) is 0 Å². The van der Waals surface area contributed by atoms with Gasteiger partial charge in [0.1, 0.15) is 5.54 Å². The fraction of sp³-hybridized carbons (Fsp3) is 0.857. The molecule has 0 unspecified atom stereocenters. The standard InChI is InChI=1S/C14H27N3O2/c1-2-3-4-5-6-9-12(18)16-14(13(15)17-19)10-7-8-11-14/h19H,2-11H2,1H3,(H2,15,17)(H,16,18). The van der Waals surface area contributed by atoms with Crippen LogP contribution in [0.25, 0.3) is 0 Å². The van der Waals surface area contributed by atoms with E-state index in [-0.39, 0.29) is 11.7 Å². The van der Waals surface area contributed by atoms with Gasteiger partial charge in [-0.15, -0.1) is 0 Å². The smallest absolute Gasteiger partial charge is 0.220 e. The Labute approximate surface area is 115 Å². The molecule has 0 heterocycles. The number of amides is 1. The molecule has 1 rings (SSSR count). The number of carbonyl (C=O) groups excluding carboxylic acids is 1. The first-order valence-electron chi connectivity index (χ1n) is 7.43. The van der Waals surface area contributed by atoms with E-state index in [1.807, 2.05) is 0 Å². The van der Waals surface area contributed by atoms with E-state index in [1.165, 1.54) is 19.3 Å². The Morgan fingerprint density at radius 3 is 2.47 bits per heavy atom. The van der Waals surface area contributed by atoms with Crippen molar-refractivity contribution in [2.24, 2.45) is 10.9 Å². The molecule has 0 radical (unpaired) electrons. The summed E-state index contributed by atoms with van der Waals surface area (Å²) in [5, 5.41) is 14.9. The lowest BCUT2D eigenvalue weighted by Crippen LogP contribution is -2.55. The number of nitrogens with two attached hydrogens (primary N) is 1. The molecule has 1 aliphatic rings. The summed E-state index contributed by atoms with van der Waals surface area (Å²) in [6.07, 6.45) is 9.72. The summed E-state index contributed by atoms with van der Waals surface area (Å²) >= 11 is 0. The molecule has 0 spiro atoms. The number of hydrogen-bond donors (Lipinski definition) is 3. The molecule has 5 nitrogen and oxygen atoms in total. The number of amidine groups is 1. The van der Waals surface area contributed by atoms with Gasteiger partial charge < -0.3 is 16.3 Å². The normalized spacial score (nSPS) is 18.5. The Bertz CT molecular complexity index is 310. The summed E-state index contributed by atoms with van der Waals surface area (Å²) in [4.78, 5) is 12.0. The average Bonchev–Trinajstić information content (AvgIpc) is 2.87. The van der Waals surface area contributed by atoms with Crippen LogP contribution < -0.4 is 11.1 Å². The van der Waals surface area contributed by atoms with Crippen molar-refractivity contribution in [1.29, 1.82) is 0 Å². The van der Waals surface area contributed by atoms with Crippen molar-refractivity contribution >= 4 is 11.7 Å². The second kappa shape index (κ2) is 8.02. The lowest BCUT2D eigenvalue weighted by atomic mass is 9.95. The van der Waals surface area contributed by atoms with Crippen molar-refractivity contribution in [3.05, 3.63) is 0 Å². The summed E-state index contributed by atoms with van der Waals surface area (Å²) < 4.78 is 0. The minimum absolute atomic E-state index is 0.0185. The van der Waals surface area contributed by atoms with Gasteiger partial charge in [-0.3, -0.25) is 4.79 Å². The number of unbranched alkanes of at least 4 members (excludes halogenated alkanes) is 4. The lowest BCUT2D eigenvalue weighted by Gasteiger charge is -2.28. The van der Waals surface area contributed by atoms with Crippen LogP contribution in [0.3, 0.4) is 0 Å². The maximum Gasteiger partial charge on any atom is 0.220 e. The summed E-state index contributed by atoms with van der Waals surface area (Å²) in [6, 6.07) is 0. The van der Waals surface area contributed by atoms with Crippen molar-refractivity contribution in [3.8, 4) is 0 Å². The highest BCUT2D eigenvalue weighted by Gasteiger charge is 2.39. The van der Waals surface area contributed by atoms with E-state index in [0.717, 1.165) is 38.5 Å². The predicted octanol–water partition coefficient (Wildman–Crippen LogP) is 2.52. The van der Waals surface area contributed by atoms with Gasteiger partial charge in [0.2, 0.25) is 5.91 Å². The Morgan fingerprint density at radius 1 is 1.26 bits per heavy atom. The van der Waals surface area contributed by atoms with Gasteiger partial charge in [0, 0.05) is 6.42 Å². The highest BCUT2D eigenvalue weighted by atomic mass is 16.4. The lowest BCUT2D eigenvalue weighted by molar-refractivity contribution is -0.122. The van der Waals surface area contributed by atoms with Crippen LogP contribution in [0.2, 0.25) is 0 Å². The van der Waals surface area contributed by atoms with Crippen molar-refractivity contribution in [2.45, 2.75) is 76.7 Å².